The molecule has 36 heavy (non-hydrogen) atoms. The van der Waals surface area contributed by atoms with Crippen LogP contribution in [0.5, 0.6) is 0 Å². The maximum atomic E-state index is 13.2. The van der Waals surface area contributed by atoms with Crippen LogP contribution in [0.3, 0.4) is 0 Å². The summed E-state index contributed by atoms with van der Waals surface area (Å²) in [5, 5.41) is 9.57. The van der Waals surface area contributed by atoms with Crippen LogP contribution in [0.15, 0.2) is 71.5 Å². The highest BCUT2D eigenvalue weighted by atomic mass is 19.4. The van der Waals surface area contributed by atoms with Gasteiger partial charge in [0.05, 0.1) is 17.0 Å². The lowest BCUT2D eigenvalue weighted by molar-refractivity contribution is -0.137. The van der Waals surface area contributed by atoms with Gasteiger partial charge in [-0.1, -0.05) is 42.5 Å². The van der Waals surface area contributed by atoms with Crippen LogP contribution in [0.2, 0.25) is 0 Å². The lowest BCUT2D eigenvalue weighted by Gasteiger charge is -2.24. The van der Waals surface area contributed by atoms with E-state index in [0.717, 1.165) is 22.9 Å². The van der Waals surface area contributed by atoms with E-state index in [0.29, 0.717) is 5.69 Å². The van der Waals surface area contributed by atoms with Gasteiger partial charge in [-0.3, -0.25) is 19.4 Å². The predicted molar refractivity (Wildman–Crippen MR) is 128 cm³/mol. The first-order valence-corrected chi connectivity index (χ1v) is 10.9. The highest BCUT2D eigenvalue weighted by Gasteiger charge is 2.35. The number of aromatic nitrogens is 2. The Morgan fingerprint density at radius 2 is 1.75 bits per heavy atom. The zero-order valence-corrected chi connectivity index (χ0v) is 18.4. The number of halogens is 3. The zero-order valence-electron chi connectivity index (χ0n) is 18.4. The minimum absolute atomic E-state index is 0.0281. The molecule has 0 saturated carbocycles. The largest absolute Gasteiger partial charge is 0.416 e. The van der Waals surface area contributed by atoms with E-state index in [1.807, 2.05) is 30.3 Å². The molecule has 0 spiro atoms. The quantitative estimate of drug-likeness (QED) is 0.328. The molecular weight excluding hydrogens is 475 g/mol. The second-order valence-corrected chi connectivity index (χ2v) is 8.20. The molecule has 4 N–H and O–H groups in total. The predicted octanol–water partition coefficient (Wildman–Crippen LogP) is 4.75. The number of rotatable bonds is 4. The van der Waals surface area contributed by atoms with Crippen LogP contribution in [0.25, 0.3) is 10.8 Å². The van der Waals surface area contributed by atoms with Crippen molar-refractivity contribution in [2.45, 2.75) is 18.5 Å². The van der Waals surface area contributed by atoms with Gasteiger partial charge in [-0.25, -0.2) is 0 Å². The summed E-state index contributed by atoms with van der Waals surface area (Å²) in [7, 11) is 0. The normalized spacial score (nSPS) is 15.2. The second kappa shape index (κ2) is 8.84. The number of hydrogen-bond donors (Lipinski definition) is 4. The standard InChI is InChI=1S/C25H18F3N5O3/c26-25(27,28)14-7-4-8-15(11-14)29-24-32-21-20(23(36)33-24)17(12-19(34)31-21)22(35)30-18-10-3-6-13-5-1-2-9-16(13)18/h1-11,17H,12H2,(H,30,35)(H3,29,31,32,33,34,36). The molecule has 2 amide bonds. The molecular formula is C25H18F3N5O3. The fourth-order valence-electron chi connectivity index (χ4n) is 4.12. The first-order chi connectivity index (χ1) is 17.2. The molecule has 1 aliphatic rings. The summed E-state index contributed by atoms with van der Waals surface area (Å²) < 4.78 is 39.0. The number of H-pyrrole nitrogens is 1. The zero-order chi connectivity index (χ0) is 25.4. The van der Waals surface area contributed by atoms with Gasteiger partial charge in [-0.2, -0.15) is 18.2 Å². The van der Waals surface area contributed by atoms with Crippen molar-refractivity contribution in [3.05, 3.63) is 88.2 Å². The molecule has 1 atom stereocenters. The van der Waals surface area contributed by atoms with Gasteiger partial charge >= 0.3 is 6.18 Å². The Labute approximate surface area is 201 Å². The molecule has 1 unspecified atom stereocenters. The Balaban J connectivity index is 1.45. The van der Waals surface area contributed by atoms with Gasteiger partial charge in [0.15, 0.2) is 0 Å². The number of carbonyl (C=O) groups is 2. The summed E-state index contributed by atoms with van der Waals surface area (Å²) in [6.45, 7) is 0. The van der Waals surface area contributed by atoms with E-state index in [9.17, 15) is 27.6 Å². The number of fused-ring (bicyclic) bond motifs is 2. The van der Waals surface area contributed by atoms with Crippen LogP contribution < -0.4 is 21.5 Å². The Morgan fingerprint density at radius 3 is 2.56 bits per heavy atom. The van der Waals surface area contributed by atoms with E-state index in [-0.39, 0.29) is 29.4 Å². The van der Waals surface area contributed by atoms with E-state index in [4.69, 9.17) is 0 Å². The maximum Gasteiger partial charge on any atom is 0.416 e. The molecule has 5 rings (SSSR count). The van der Waals surface area contributed by atoms with Crippen LogP contribution in [0.4, 0.5) is 36.3 Å². The van der Waals surface area contributed by atoms with E-state index < -0.39 is 35.0 Å². The molecule has 2 heterocycles. The number of amides is 2. The fourth-order valence-corrected chi connectivity index (χ4v) is 4.12. The van der Waals surface area contributed by atoms with Crippen molar-refractivity contribution < 1.29 is 22.8 Å². The highest BCUT2D eigenvalue weighted by molar-refractivity contribution is 6.08. The lowest BCUT2D eigenvalue weighted by atomic mass is 9.92. The molecule has 1 aromatic heterocycles. The molecule has 0 saturated heterocycles. The molecule has 182 valence electrons. The van der Waals surface area contributed by atoms with Crippen molar-refractivity contribution in [3.8, 4) is 0 Å². The van der Waals surface area contributed by atoms with Crippen molar-refractivity contribution in [3.63, 3.8) is 0 Å². The van der Waals surface area contributed by atoms with E-state index >= 15 is 0 Å². The van der Waals surface area contributed by atoms with Crippen molar-refractivity contribution in [2.24, 2.45) is 0 Å². The van der Waals surface area contributed by atoms with Crippen LogP contribution in [-0.2, 0) is 15.8 Å². The van der Waals surface area contributed by atoms with Crippen LogP contribution in [-0.4, -0.2) is 21.8 Å². The van der Waals surface area contributed by atoms with Gasteiger partial charge in [0.1, 0.15) is 5.82 Å². The summed E-state index contributed by atoms with van der Waals surface area (Å²) in [6, 6.07) is 17.2. The summed E-state index contributed by atoms with van der Waals surface area (Å²) in [5.74, 6) is -2.53. The fraction of sp³-hybridized carbons (Fsp3) is 0.120. The number of benzene rings is 3. The molecule has 3 aromatic carbocycles. The van der Waals surface area contributed by atoms with E-state index in [1.165, 1.54) is 12.1 Å². The third-order valence-electron chi connectivity index (χ3n) is 5.77. The summed E-state index contributed by atoms with van der Waals surface area (Å²) in [4.78, 5) is 45.1. The van der Waals surface area contributed by atoms with Crippen molar-refractivity contribution >= 4 is 45.7 Å². The van der Waals surface area contributed by atoms with Gasteiger partial charge in [0.25, 0.3) is 5.56 Å². The monoisotopic (exact) mass is 493 g/mol. The Bertz CT molecular complexity index is 1560. The van der Waals surface area contributed by atoms with E-state index in [2.05, 4.69) is 25.9 Å². The first-order valence-electron chi connectivity index (χ1n) is 10.9. The number of nitrogens with one attached hydrogen (secondary N) is 4. The number of alkyl halides is 3. The van der Waals surface area contributed by atoms with Crippen molar-refractivity contribution in [1.82, 2.24) is 9.97 Å². The highest BCUT2D eigenvalue weighted by Crippen LogP contribution is 2.33. The van der Waals surface area contributed by atoms with Gasteiger partial charge in [0.2, 0.25) is 17.8 Å². The van der Waals surface area contributed by atoms with Crippen molar-refractivity contribution in [2.75, 3.05) is 16.0 Å². The molecule has 11 heteroatoms. The summed E-state index contributed by atoms with van der Waals surface area (Å²) >= 11 is 0. The third kappa shape index (κ3) is 4.50. The van der Waals surface area contributed by atoms with Gasteiger partial charge in [-0.05, 0) is 29.7 Å². The third-order valence-corrected chi connectivity index (χ3v) is 5.77. The summed E-state index contributed by atoms with van der Waals surface area (Å²) in [5.41, 5.74) is -1.07. The van der Waals surface area contributed by atoms with Crippen LogP contribution in [0.1, 0.15) is 23.5 Å². The molecule has 0 fully saturated rings. The average Bonchev–Trinajstić information content (AvgIpc) is 2.83. The van der Waals surface area contributed by atoms with Crippen LogP contribution >= 0.6 is 0 Å². The molecule has 8 nitrogen and oxygen atoms in total. The maximum absolute atomic E-state index is 13.2. The SMILES string of the molecule is O=C1CC(C(=O)Nc2cccc3ccccc23)c2c(nc(Nc3cccc(C(F)(F)F)c3)[nH]c2=O)N1. The van der Waals surface area contributed by atoms with Gasteiger partial charge < -0.3 is 16.0 Å². The smallest absolute Gasteiger partial charge is 0.326 e. The van der Waals surface area contributed by atoms with Crippen molar-refractivity contribution in [1.29, 1.82) is 0 Å². The van der Waals surface area contributed by atoms with E-state index in [1.54, 1.807) is 12.1 Å². The first kappa shape index (κ1) is 23.1. The Hall–Kier alpha value is -4.67. The van der Waals surface area contributed by atoms with Crippen LogP contribution in [0, 0.1) is 0 Å². The molecule has 1 aliphatic heterocycles. The average molecular weight is 493 g/mol. The molecule has 4 aromatic rings. The number of anilines is 4. The van der Waals surface area contributed by atoms with Gasteiger partial charge in [0, 0.05) is 23.2 Å². The second-order valence-electron chi connectivity index (χ2n) is 8.20. The Kier molecular flexibility index (Phi) is 5.67. The number of carbonyl (C=O) groups excluding carboxylic acids is 2. The molecule has 0 aliphatic carbocycles. The Morgan fingerprint density at radius 1 is 1.00 bits per heavy atom. The summed E-state index contributed by atoms with van der Waals surface area (Å²) in [6.07, 6.45) is -4.82. The number of hydrogen-bond acceptors (Lipinski definition) is 5. The number of nitrogens with zero attached hydrogens (tertiary/aromatic N) is 1. The topological polar surface area (TPSA) is 116 Å². The molecule has 0 radical (unpaired) electrons. The molecule has 0 bridgehead atoms. The number of aromatic amines is 1. The lowest BCUT2D eigenvalue weighted by Crippen LogP contribution is -2.36. The minimum Gasteiger partial charge on any atom is -0.326 e. The van der Waals surface area contributed by atoms with Gasteiger partial charge in [-0.15, -0.1) is 0 Å². The minimum atomic E-state index is -4.55.